The molecule has 1 N–H and O–H groups in total. The molecule has 8 nitrogen and oxygen atoms in total. The van der Waals surface area contributed by atoms with Gasteiger partial charge in [0.2, 0.25) is 5.78 Å². The van der Waals surface area contributed by atoms with Gasteiger partial charge >= 0.3 is 11.9 Å². The molecule has 2 aromatic rings. The lowest BCUT2D eigenvalue weighted by molar-refractivity contribution is 0.0473. The van der Waals surface area contributed by atoms with Gasteiger partial charge in [-0.3, -0.25) is 4.79 Å². The SMILES string of the molecule is CCOC(=O)c1[nH]c(C)c(C(=O)OCC(=O)c2cc(C)n(CC3CCCO3)c2C)c1C. The lowest BCUT2D eigenvalue weighted by Crippen LogP contribution is -2.18. The lowest BCUT2D eigenvalue weighted by atomic mass is 10.1. The summed E-state index contributed by atoms with van der Waals surface area (Å²) < 4.78 is 18.1. The molecular formula is C23H30N2O6. The highest BCUT2D eigenvalue weighted by atomic mass is 16.5. The predicted molar refractivity (Wildman–Crippen MR) is 114 cm³/mol. The van der Waals surface area contributed by atoms with Crippen LogP contribution >= 0.6 is 0 Å². The minimum atomic E-state index is -0.650. The van der Waals surface area contributed by atoms with Crippen molar-refractivity contribution in [3.05, 3.63) is 45.5 Å². The van der Waals surface area contributed by atoms with Crippen LogP contribution in [0.15, 0.2) is 6.07 Å². The number of carbonyl (C=O) groups excluding carboxylic acids is 3. The minimum Gasteiger partial charge on any atom is -0.461 e. The van der Waals surface area contributed by atoms with Gasteiger partial charge in [-0.25, -0.2) is 9.59 Å². The van der Waals surface area contributed by atoms with E-state index < -0.39 is 11.9 Å². The Kier molecular flexibility index (Phi) is 7.00. The highest BCUT2D eigenvalue weighted by Gasteiger charge is 2.25. The molecule has 1 aliphatic rings. The maximum atomic E-state index is 12.8. The summed E-state index contributed by atoms with van der Waals surface area (Å²) in [6, 6.07) is 1.83. The summed E-state index contributed by atoms with van der Waals surface area (Å²) in [7, 11) is 0. The molecule has 1 unspecified atom stereocenters. The van der Waals surface area contributed by atoms with Gasteiger partial charge < -0.3 is 23.8 Å². The third-order valence-corrected chi connectivity index (χ3v) is 5.74. The summed E-state index contributed by atoms with van der Waals surface area (Å²) in [4.78, 5) is 40.3. The third kappa shape index (κ3) is 4.74. The maximum absolute atomic E-state index is 12.8. The third-order valence-electron chi connectivity index (χ3n) is 5.74. The van der Waals surface area contributed by atoms with Crippen molar-refractivity contribution in [1.29, 1.82) is 0 Å². The fourth-order valence-electron chi connectivity index (χ4n) is 4.10. The van der Waals surface area contributed by atoms with E-state index in [1.54, 1.807) is 20.8 Å². The van der Waals surface area contributed by atoms with Gasteiger partial charge in [0, 0.05) is 35.8 Å². The highest BCUT2D eigenvalue weighted by molar-refractivity contribution is 6.02. The number of nitrogens with one attached hydrogen (secondary N) is 1. The number of hydrogen-bond acceptors (Lipinski definition) is 6. The number of hydrogen-bond donors (Lipinski definition) is 1. The molecular weight excluding hydrogens is 400 g/mol. The molecule has 0 bridgehead atoms. The molecule has 0 aliphatic carbocycles. The van der Waals surface area contributed by atoms with Crippen molar-refractivity contribution in [3.63, 3.8) is 0 Å². The first-order valence-electron chi connectivity index (χ1n) is 10.6. The summed E-state index contributed by atoms with van der Waals surface area (Å²) in [5, 5.41) is 0. The van der Waals surface area contributed by atoms with Gasteiger partial charge in [-0.1, -0.05) is 0 Å². The molecule has 1 saturated heterocycles. The molecule has 0 radical (unpaired) electrons. The van der Waals surface area contributed by atoms with Crippen LogP contribution in [0, 0.1) is 27.7 Å². The number of Topliss-reactive ketones (excluding diaryl/α,β-unsaturated/α-hetero) is 1. The van der Waals surface area contributed by atoms with Crippen LogP contribution in [-0.4, -0.2) is 53.2 Å². The minimum absolute atomic E-state index is 0.165. The van der Waals surface area contributed by atoms with E-state index >= 15 is 0 Å². The van der Waals surface area contributed by atoms with E-state index in [1.807, 2.05) is 19.9 Å². The molecule has 3 rings (SSSR count). The topological polar surface area (TPSA) is 99.6 Å². The number of aromatic amines is 1. The number of ether oxygens (including phenoxy) is 3. The Hall–Kier alpha value is -2.87. The Bertz CT molecular complexity index is 994. The summed E-state index contributed by atoms with van der Waals surface area (Å²) in [6.07, 6.45) is 2.24. The second kappa shape index (κ2) is 9.51. The van der Waals surface area contributed by atoms with E-state index in [-0.39, 0.29) is 36.4 Å². The van der Waals surface area contributed by atoms with Crippen LogP contribution in [0.4, 0.5) is 0 Å². The van der Waals surface area contributed by atoms with E-state index in [4.69, 9.17) is 14.2 Å². The lowest BCUT2D eigenvalue weighted by Gasteiger charge is -2.14. The Labute approximate surface area is 181 Å². The molecule has 2 aromatic heterocycles. The number of H-pyrrole nitrogens is 1. The number of aryl methyl sites for hydroxylation is 2. The number of carbonyl (C=O) groups is 3. The van der Waals surface area contributed by atoms with Gasteiger partial charge in [0.05, 0.1) is 18.3 Å². The Balaban J connectivity index is 1.69. The van der Waals surface area contributed by atoms with Crippen LogP contribution in [0.1, 0.15) is 73.6 Å². The van der Waals surface area contributed by atoms with Gasteiger partial charge in [0.25, 0.3) is 0 Å². The molecule has 31 heavy (non-hydrogen) atoms. The zero-order valence-corrected chi connectivity index (χ0v) is 18.8. The smallest absolute Gasteiger partial charge is 0.355 e. The largest absolute Gasteiger partial charge is 0.461 e. The Morgan fingerprint density at radius 3 is 2.55 bits per heavy atom. The highest BCUT2D eigenvalue weighted by Crippen LogP contribution is 2.22. The standard InChI is InChI=1S/C23H30N2O6/c1-6-29-23(28)21-14(3)20(15(4)24-21)22(27)31-12-19(26)18-10-13(2)25(16(18)5)11-17-8-7-9-30-17/h10,17,24H,6-9,11-12H2,1-5H3. The van der Waals surface area contributed by atoms with Crippen LogP contribution in [0.2, 0.25) is 0 Å². The molecule has 0 amide bonds. The molecule has 1 aliphatic heterocycles. The van der Waals surface area contributed by atoms with E-state index in [9.17, 15) is 14.4 Å². The van der Waals surface area contributed by atoms with Gasteiger partial charge in [-0.15, -0.1) is 0 Å². The van der Waals surface area contributed by atoms with Crippen molar-refractivity contribution in [1.82, 2.24) is 9.55 Å². The van der Waals surface area contributed by atoms with Gasteiger partial charge in [0.1, 0.15) is 5.69 Å². The quantitative estimate of drug-likeness (QED) is 0.509. The molecule has 0 aromatic carbocycles. The number of rotatable bonds is 8. The van der Waals surface area contributed by atoms with E-state index in [0.717, 1.165) is 30.8 Å². The van der Waals surface area contributed by atoms with Crippen molar-refractivity contribution in [2.45, 2.75) is 60.1 Å². The monoisotopic (exact) mass is 430 g/mol. The number of esters is 2. The van der Waals surface area contributed by atoms with Gasteiger partial charge in [0.15, 0.2) is 6.61 Å². The average molecular weight is 431 g/mol. The fraction of sp³-hybridized carbons (Fsp3) is 0.522. The molecule has 1 atom stereocenters. The normalized spacial score (nSPS) is 15.8. The Morgan fingerprint density at radius 2 is 1.90 bits per heavy atom. The molecule has 168 valence electrons. The van der Waals surface area contributed by atoms with Crippen molar-refractivity contribution in [2.75, 3.05) is 19.8 Å². The van der Waals surface area contributed by atoms with E-state index in [0.29, 0.717) is 23.4 Å². The first-order chi connectivity index (χ1) is 14.7. The molecule has 1 fully saturated rings. The zero-order chi connectivity index (χ0) is 22.7. The molecule has 0 saturated carbocycles. The molecule has 3 heterocycles. The first kappa shape index (κ1) is 22.8. The number of ketones is 1. The summed E-state index contributed by atoms with van der Waals surface area (Å²) >= 11 is 0. The number of aromatic nitrogens is 2. The second-order valence-corrected chi connectivity index (χ2v) is 7.88. The summed E-state index contributed by atoms with van der Waals surface area (Å²) in [6.45, 7) is 10.2. The van der Waals surface area contributed by atoms with Gasteiger partial charge in [-0.2, -0.15) is 0 Å². The van der Waals surface area contributed by atoms with Crippen molar-refractivity contribution >= 4 is 17.7 Å². The van der Waals surface area contributed by atoms with E-state index in [2.05, 4.69) is 9.55 Å². The summed E-state index contributed by atoms with van der Waals surface area (Å²) in [5.74, 6) is -1.45. The zero-order valence-electron chi connectivity index (χ0n) is 18.8. The van der Waals surface area contributed by atoms with Crippen LogP contribution in [0.3, 0.4) is 0 Å². The van der Waals surface area contributed by atoms with Crippen molar-refractivity contribution < 1.29 is 28.6 Å². The fourth-order valence-corrected chi connectivity index (χ4v) is 4.10. The molecule has 8 heteroatoms. The molecule has 0 spiro atoms. The van der Waals surface area contributed by atoms with Crippen molar-refractivity contribution in [2.24, 2.45) is 0 Å². The van der Waals surface area contributed by atoms with Crippen LogP contribution < -0.4 is 0 Å². The van der Waals surface area contributed by atoms with Gasteiger partial charge in [-0.05, 0) is 59.1 Å². The average Bonchev–Trinajstić information content (AvgIpc) is 3.41. The summed E-state index contributed by atoms with van der Waals surface area (Å²) in [5.41, 5.74) is 3.76. The van der Waals surface area contributed by atoms with Crippen molar-refractivity contribution in [3.8, 4) is 0 Å². The van der Waals surface area contributed by atoms with Crippen LogP contribution in [0.5, 0.6) is 0 Å². The maximum Gasteiger partial charge on any atom is 0.355 e. The van der Waals surface area contributed by atoms with Crippen LogP contribution in [-0.2, 0) is 20.8 Å². The van der Waals surface area contributed by atoms with E-state index in [1.165, 1.54) is 0 Å². The van der Waals surface area contributed by atoms with Crippen LogP contribution in [0.25, 0.3) is 0 Å². The first-order valence-corrected chi connectivity index (χ1v) is 10.6. The Morgan fingerprint density at radius 1 is 1.16 bits per heavy atom. The predicted octanol–water partition coefficient (Wildman–Crippen LogP) is 3.45. The number of nitrogens with zero attached hydrogens (tertiary/aromatic N) is 1. The second-order valence-electron chi connectivity index (χ2n) is 7.88.